The van der Waals surface area contributed by atoms with Crippen molar-refractivity contribution in [2.45, 2.75) is 84.2 Å². The minimum atomic E-state index is -0.258. The predicted molar refractivity (Wildman–Crippen MR) is 105 cm³/mol. The van der Waals surface area contributed by atoms with Crippen LogP contribution in [0.25, 0.3) is 0 Å². The van der Waals surface area contributed by atoms with E-state index in [2.05, 4.69) is 13.5 Å². The van der Waals surface area contributed by atoms with E-state index in [1.165, 1.54) is 57.8 Å². The highest BCUT2D eigenvalue weighted by Crippen LogP contribution is 2.10. The lowest BCUT2D eigenvalue weighted by Gasteiger charge is -2.04. The van der Waals surface area contributed by atoms with Gasteiger partial charge in [-0.15, -0.1) is 0 Å². The van der Waals surface area contributed by atoms with Crippen LogP contribution in [-0.2, 0) is 19.0 Å². The Balaban J connectivity index is 0.000000642. The van der Waals surface area contributed by atoms with Crippen LogP contribution in [0.5, 0.6) is 0 Å². The number of carbonyl (C=O) groups excluding carboxylic acids is 1. The number of unbranched alkanes of at least 4 members (excludes halogenated alkanes) is 9. The van der Waals surface area contributed by atoms with Crippen LogP contribution in [0, 0.1) is 0 Å². The van der Waals surface area contributed by atoms with Gasteiger partial charge in [0.1, 0.15) is 6.10 Å². The van der Waals surface area contributed by atoms with Crippen LogP contribution < -0.4 is 0 Å². The molecule has 154 valence electrons. The zero-order valence-corrected chi connectivity index (χ0v) is 17.0. The maximum Gasteiger partial charge on any atom is 0.333 e. The standard InChI is InChI=1S/C16H30O2.C5H10O3/c1-4-5-6-7-8-9-10-11-12-13-14-18-16(17)15(2)3;6-1-2-7-3-5-4-8-5/h2,4-14H2,1,3H3;5-6H,1-4H2. The Labute approximate surface area is 160 Å². The Bertz CT molecular complexity index is 339. The molecule has 5 heteroatoms. The van der Waals surface area contributed by atoms with Crippen molar-refractivity contribution in [3.63, 3.8) is 0 Å². The summed E-state index contributed by atoms with van der Waals surface area (Å²) in [6, 6.07) is 0. The van der Waals surface area contributed by atoms with Gasteiger partial charge in [-0.1, -0.05) is 71.3 Å². The van der Waals surface area contributed by atoms with Gasteiger partial charge in [0, 0.05) is 5.57 Å². The number of epoxide rings is 1. The predicted octanol–water partition coefficient (Wildman–Crippen LogP) is 4.42. The number of aliphatic hydroxyl groups excluding tert-OH is 1. The molecule has 0 radical (unpaired) electrons. The normalized spacial score (nSPS) is 15.1. The van der Waals surface area contributed by atoms with Crippen molar-refractivity contribution in [1.29, 1.82) is 0 Å². The van der Waals surface area contributed by atoms with E-state index in [0.29, 0.717) is 31.5 Å². The zero-order chi connectivity index (χ0) is 19.5. The number of aliphatic hydroxyl groups is 1. The van der Waals surface area contributed by atoms with Crippen LogP contribution in [0.2, 0.25) is 0 Å². The van der Waals surface area contributed by atoms with Gasteiger partial charge in [0.05, 0.1) is 33.0 Å². The van der Waals surface area contributed by atoms with Gasteiger partial charge in [-0.05, 0) is 13.3 Å². The van der Waals surface area contributed by atoms with E-state index in [0.717, 1.165) is 13.0 Å². The van der Waals surface area contributed by atoms with Gasteiger partial charge in [-0.2, -0.15) is 0 Å². The van der Waals surface area contributed by atoms with E-state index in [1.54, 1.807) is 6.92 Å². The molecule has 0 saturated carbocycles. The molecule has 0 amide bonds. The van der Waals surface area contributed by atoms with Crippen LogP contribution in [0.3, 0.4) is 0 Å². The van der Waals surface area contributed by atoms with Gasteiger partial charge >= 0.3 is 5.97 Å². The number of rotatable bonds is 16. The molecule has 0 aromatic rings. The number of hydrogen-bond acceptors (Lipinski definition) is 5. The van der Waals surface area contributed by atoms with Gasteiger partial charge in [-0.3, -0.25) is 0 Å². The van der Waals surface area contributed by atoms with Gasteiger partial charge in [0.15, 0.2) is 0 Å². The lowest BCUT2D eigenvalue weighted by molar-refractivity contribution is -0.139. The van der Waals surface area contributed by atoms with E-state index in [9.17, 15) is 4.79 Å². The minimum absolute atomic E-state index is 0.104. The maximum absolute atomic E-state index is 11.1. The molecule has 0 bridgehead atoms. The molecule has 1 heterocycles. The first-order valence-corrected chi connectivity index (χ1v) is 10.2. The number of hydrogen-bond donors (Lipinski definition) is 1. The molecular weight excluding hydrogens is 332 g/mol. The van der Waals surface area contributed by atoms with E-state index < -0.39 is 0 Å². The lowest BCUT2D eigenvalue weighted by atomic mass is 10.1. The van der Waals surface area contributed by atoms with Crippen molar-refractivity contribution in [2.24, 2.45) is 0 Å². The number of carbonyl (C=O) groups is 1. The fourth-order valence-electron chi connectivity index (χ4n) is 2.32. The Morgan fingerprint density at radius 2 is 1.58 bits per heavy atom. The zero-order valence-electron chi connectivity index (χ0n) is 17.0. The molecule has 1 saturated heterocycles. The number of esters is 1. The second-order valence-electron chi connectivity index (χ2n) is 6.85. The summed E-state index contributed by atoms with van der Waals surface area (Å²) in [5.41, 5.74) is 0.488. The van der Waals surface area contributed by atoms with Crippen molar-refractivity contribution in [1.82, 2.24) is 0 Å². The average Bonchev–Trinajstić information content (AvgIpc) is 3.44. The van der Waals surface area contributed by atoms with E-state index in [-0.39, 0.29) is 12.6 Å². The SMILES string of the molecule is C=C(C)C(=O)OCCCCCCCCCCCC.OCCOCC1CO1. The lowest BCUT2D eigenvalue weighted by Crippen LogP contribution is -2.05. The van der Waals surface area contributed by atoms with Gasteiger partial charge in [0.2, 0.25) is 0 Å². The molecule has 26 heavy (non-hydrogen) atoms. The Morgan fingerprint density at radius 3 is 2.04 bits per heavy atom. The quantitative estimate of drug-likeness (QED) is 0.188. The molecule has 0 spiro atoms. The molecule has 1 unspecified atom stereocenters. The molecule has 1 aliphatic rings. The summed E-state index contributed by atoms with van der Waals surface area (Å²) in [4.78, 5) is 11.1. The third-order valence-corrected chi connectivity index (χ3v) is 4.02. The van der Waals surface area contributed by atoms with E-state index in [4.69, 9.17) is 19.3 Å². The molecule has 0 aromatic heterocycles. The van der Waals surface area contributed by atoms with E-state index in [1.807, 2.05) is 0 Å². The van der Waals surface area contributed by atoms with Crippen LogP contribution in [0.15, 0.2) is 12.2 Å². The second-order valence-corrected chi connectivity index (χ2v) is 6.85. The minimum Gasteiger partial charge on any atom is -0.462 e. The van der Waals surface area contributed by atoms with Crippen molar-refractivity contribution < 1.29 is 24.1 Å². The summed E-state index contributed by atoms with van der Waals surface area (Å²) in [5.74, 6) is -0.258. The molecule has 1 N–H and O–H groups in total. The summed E-state index contributed by atoms with van der Waals surface area (Å²) in [6.45, 7) is 10.0. The highest BCUT2D eigenvalue weighted by Gasteiger charge is 2.21. The molecule has 0 aliphatic carbocycles. The molecule has 5 nitrogen and oxygen atoms in total. The van der Waals surface area contributed by atoms with Crippen molar-refractivity contribution in [3.05, 3.63) is 12.2 Å². The molecular formula is C21H40O5. The number of ether oxygens (including phenoxy) is 3. The molecule has 1 aliphatic heterocycles. The second kappa shape index (κ2) is 18.9. The van der Waals surface area contributed by atoms with Crippen LogP contribution in [0.1, 0.15) is 78.1 Å². The molecule has 1 fully saturated rings. The van der Waals surface area contributed by atoms with E-state index >= 15 is 0 Å². The first-order chi connectivity index (χ1) is 12.6. The summed E-state index contributed by atoms with van der Waals surface area (Å²) in [5, 5.41) is 8.23. The fraction of sp³-hybridized carbons (Fsp3) is 0.857. The monoisotopic (exact) mass is 372 g/mol. The fourth-order valence-corrected chi connectivity index (χ4v) is 2.32. The smallest absolute Gasteiger partial charge is 0.333 e. The van der Waals surface area contributed by atoms with Gasteiger partial charge in [-0.25, -0.2) is 4.79 Å². The van der Waals surface area contributed by atoms with Gasteiger partial charge < -0.3 is 19.3 Å². The highest BCUT2D eigenvalue weighted by atomic mass is 16.6. The topological polar surface area (TPSA) is 68.3 Å². The maximum atomic E-state index is 11.1. The Morgan fingerprint density at radius 1 is 1.04 bits per heavy atom. The summed E-state index contributed by atoms with van der Waals surface area (Å²) < 4.78 is 14.8. The van der Waals surface area contributed by atoms with Gasteiger partial charge in [0.25, 0.3) is 0 Å². The summed E-state index contributed by atoms with van der Waals surface area (Å²) in [7, 11) is 0. The third kappa shape index (κ3) is 19.4. The molecule has 1 atom stereocenters. The van der Waals surface area contributed by atoms with Crippen LogP contribution in [-0.4, -0.2) is 50.2 Å². The Hall–Kier alpha value is -0.910. The first kappa shape index (κ1) is 25.1. The average molecular weight is 373 g/mol. The first-order valence-electron chi connectivity index (χ1n) is 10.2. The summed E-state index contributed by atoms with van der Waals surface area (Å²) >= 11 is 0. The van der Waals surface area contributed by atoms with Crippen molar-refractivity contribution >= 4 is 5.97 Å². The van der Waals surface area contributed by atoms with Crippen molar-refractivity contribution in [2.75, 3.05) is 33.0 Å². The Kier molecular flexibility index (Phi) is 18.2. The highest BCUT2D eigenvalue weighted by molar-refractivity contribution is 5.86. The largest absolute Gasteiger partial charge is 0.462 e. The molecule has 0 aromatic carbocycles. The van der Waals surface area contributed by atoms with Crippen LogP contribution in [0.4, 0.5) is 0 Å². The van der Waals surface area contributed by atoms with Crippen LogP contribution >= 0.6 is 0 Å². The third-order valence-electron chi connectivity index (χ3n) is 4.02. The summed E-state index contributed by atoms with van der Waals surface area (Å²) in [6.07, 6.45) is 13.3. The van der Waals surface area contributed by atoms with Crippen molar-refractivity contribution in [3.8, 4) is 0 Å². The molecule has 1 rings (SSSR count).